The Kier molecular flexibility index (Phi) is 4.66. The van der Waals surface area contributed by atoms with E-state index in [9.17, 15) is 5.11 Å². The predicted molar refractivity (Wildman–Crippen MR) is 70.7 cm³/mol. The van der Waals surface area contributed by atoms with Crippen molar-refractivity contribution in [1.29, 1.82) is 0 Å². The first-order valence-electron chi connectivity index (χ1n) is 7.12. The number of hydrogen-bond acceptors (Lipinski definition) is 1. The molecule has 2 heteroatoms. The summed E-state index contributed by atoms with van der Waals surface area (Å²) >= 11 is 0. The summed E-state index contributed by atoms with van der Waals surface area (Å²) in [6, 6.07) is 1.99. The van der Waals surface area contributed by atoms with Crippen LogP contribution < -0.4 is 0 Å². The molecule has 1 atom stereocenters. The number of hydrogen-bond donors (Lipinski definition) is 2. The highest BCUT2D eigenvalue weighted by Gasteiger charge is 2.27. The lowest BCUT2D eigenvalue weighted by atomic mass is 9.76. The molecule has 0 amide bonds. The summed E-state index contributed by atoms with van der Waals surface area (Å²) in [6.07, 6.45) is 12.7. The average Bonchev–Trinajstić information content (AvgIpc) is 2.90. The highest BCUT2D eigenvalue weighted by Crippen LogP contribution is 2.38. The van der Waals surface area contributed by atoms with Crippen LogP contribution in [0, 0.1) is 11.8 Å². The molecule has 1 saturated carbocycles. The van der Waals surface area contributed by atoms with Gasteiger partial charge in [-0.1, -0.05) is 39.0 Å². The van der Waals surface area contributed by atoms with Crippen LogP contribution >= 0.6 is 0 Å². The molecule has 0 radical (unpaired) electrons. The monoisotopic (exact) mass is 235 g/mol. The van der Waals surface area contributed by atoms with Crippen molar-refractivity contribution in [3.05, 3.63) is 24.0 Å². The highest BCUT2D eigenvalue weighted by molar-refractivity contribution is 5.13. The first-order chi connectivity index (χ1) is 8.31. The van der Waals surface area contributed by atoms with Crippen molar-refractivity contribution in [2.45, 2.75) is 58.0 Å². The van der Waals surface area contributed by atoms with E-state index in [-0.39, 0.29) is 6.10 Å². The van der Waals surface area contributed by atoms with Crippen LogP contribution in [0.2, 0.25) is 0 Å². The molecule has 2 N–H and O–H groups in total. The molecule has 1 fully saturated rings. The van der Waals surface area contributed by atoms with Crippen LogP contribution in [0.15, 0.2) is 18.5 Å². The molecule has 96 valence electrons. The predicted octanol–water partition coefficient (Wildman–Crippen LogP) is 4.04. The van der Waals surface area contributed by atoms with Gasteiger partial charge >= 0.3 is 0 Å². The zero-order chi connectivity index (χ0) is 12.1. The van der Waals surface area contributed by atoms with E-state index in [4.69, 9.17) is 0 Å². The molecular weight excluding hydrogens is 210 g/mol. The fourth-order valence-corrected chi connectivity index (χ4v) is 3.08. The minimum absolute atomic E-state index is 0.256. The van der Waals surface area contributed by atoms with Crippen LogP contribution in [0.1, 0.15) is 63.5 Å². The van der Waals surface area contributed by atoms with Gasteiger partial charge in [0.1, 0.15) is 0 Å². The van der Waals surface area contributed by atoms with Gasteiger partial charge in [0.2, 0.25) is 0 Å². The third kappa shape index (κ3) is 3.35. The van der Waals surface area contributed by atoms with Gasteiger partial charge in [0.25, 0.3) is 0 Å². The van der Waals surface area contributed by atoms with E-state index >= 15 is 0 Å². The fourth-order valence-electron chi connectivity index (χ4n) is 3.08. The lowest BCUT2D eigenvalue weighted by molar-refractivity contribution is 0.0721. The minimum atomic E-state index is -0.256. The summed E-state index contributed by atoms with van der Waals surface area (Å²) in [5.74, 6) is 1.40. The molecule has 0 bridgehead atoms. The molecule has 17 heavy (non-hydrogen) atoms. The van der Waals surface area contributed by atoms with Gasteiger partial charge in [-0.25, -0.2) is 0 Å². The molecule has 0 saturated heterocycles. The van der Waals surface area contributed by atoms with Gasteiger partial charge in [-0.15, -0.1) is 0 Å². The zero-order valence-corrected chi connectivity index (χ0v) is 10.9. The van der Waals surface area contributed by atoms with Crippen LogP contribution in [0.5, 0.6) is 0 Å². The van der Waals surface area contributed by atoms with Crippen molar-refractivity contribution in [1.82, 2.24) is 4.98 Å². The number of aromatic amines is 1. The summed E-state index contributed by atoms with van der Waals surface area (Å²) in [7, 11) is 0. The fraction of sp³-hybridized carbons (Fsp3) is 0.733. The van der Waals surface area contributed by atoms with Gasteiger partial charge in [-0.3, -0.25) is 0 Å². The van der Waals surface area contributed by atoms with Gasteiger partial charge < -0.3 is 10.1 Å². The van der Waals surface area contributed by atoms with Gasteiger partial charge in [-0.05, 0) is 36.3 Å². The topological polar surface area (TPSA) is 36.0 Å². The lowest BCUT2D eigenvalue weighted by Gasteiger charge is -2.31. The molecule has 1 aliphatic carbocycles. The van der Waals surface area contributed by atoms with Crippen molar-refractivity contribution < 1.29 is 5.11 Å². The first kappa shape index (κ1) is 12.7. The second kappa shape index (κ2) is 6.25. The van der Waals surface area contributed by atoms with Crippen molar-refractivity contribution in [3.8, 4) is 0 Å². The third-order valence-corrected chi connectivity index (χ3v) is 4.27. The molecule has 1 aromatic heterocycles. The number of aliphatic hydroxyl groups excluding tert-OH is 1. The maximum Gasteiger partial charge on any atom is 0.0832 e. The number of aliphatic hydroxyl groups is 1. The maximum atomic E-state index is 10.3. The van der Waals surface area contributed by atoms with E-state index in [0.29, 0.717) is 5.92 Å². The lowest BCUT2D eigenvalue weighted by Crippen LogP contribution is -2.20. The SMILES string of the molecule is CCCCC1CCC(C(O)c2cc[nH]c2)CC1. The smallest absolute Gasteiger partial charge is 0.0832 e. The van der Waals surface area contributed by atoms with Crippen molar-refractivity contribution in [2.24, 2.45) is 11.8 Å². The van der Waals surface area contributed by atoms with Gasteiger partial charge in [-0.2, -0.15) is 0 Å². The Morgan fingerprint density at radius 2 is 2.12 bits per heavy atom. The van der Waals surface area contributed by atoms with Crippen LogP contribution in [0.3, 0.4) is 0 Å². The van der Waals surface area contributed by atoms with E-state index in [1.807, 2.05) is 18.5 Å². The summed E-state index contributed by atoms with van der Waals surface area (Å²) in [6.45, 7) is 2.27. The van der Waals surface area contributed by atoms with E-state index in [2.05, 4.69) is 11.9 Å². The zero-order valence-electron chi connectivity index (χ0n) is 10.9. The van der Waals surface area contributed by atoms with Gasteiger partial charge in [0, 0.05) is 12.4 Å². The Bertz CT molecular complexity index is 299. The average molecular weight is 235 g/mol. The number of nitrogens with one attached hydrogen (secondary N) is 1. The number of aromatic nitrogens is 1. The molecule has 1 heterocycles. The summed E-state index contributed by atoms with van der Waals surface area (Å²) in [4.78, 5) is 3.03. The Morgan fingerprint density at radius 3 is 2.71 bits per heavy atom. The van der Waals surface area contributed by atoms with Gasteiger partial charge in [0.15, 0.2) is 0 Å². The number of H-pyrrole nitrogens is 1. The van der Waals surface area contributed by atoms with E-state index in [0.717, 1.165) is 11.5 Å². The van der Waals surface area contributed by atoms with Crippen molar-refractivity contribution in [3.63, 3.8) is 0 Å². The maximum absolute atomic E-state index is 10.3. The minimum Gasteiger partial charge on any atom is -0.388 e. The Morgan fingerprint density at radius 1 is 1.35 bits per heavy atom. The normalized spacial score (nSPS) is 26.9. The van der Waals surface area contributed by atoms with Crippen molar-refractivity contribution in [2.75, 3.05) is 0 Å². The molecule has 2 rings (SSSR count). The van der Waals surface area contributed by atoms with Crippen molar-refractivity contribution >= 4 is 0 Å². The molecular formula is C15H25NO. The second-order valence-corrected chi connectivity index (χ2v) is 5.51. The van der Waals surface area contributed by atoms with Crippen LogP contribution in [-0.2, 0) is 0 Å². The molecule has 0 aliphatic heterocycles. The Labute approximate surface area is 104 Å². The van der Waals surface area contributed by atoms with E-state index in [1.54, 1.807) is 0 Å². The van der Waals surface area contributed by atoms with E-state index < -0.39 is 0 Å². The summed E-state index contributed by atoms with van der Waals surface area (Å²) in [5, 5.41) is 10.3. The molecule has 2 nitrogen and oxygen atoms in total. The first-order valence-corrected chi connectivity index (χ1v) is 7.12. The van der Waals surface area contributed by atoms with Crippen LogP contribution in [-0.4, -0.2) is 10.1 Å². The molecule has 0 aromatic carbocycles. The molecule has 1 aliphatic rings. The van der Waals surface area contributed by atoms with Gasteiger partial charge in [0.05, 0.1) is 6.10 Å². The third-order valence-electron chi connectivity index (χ3n) is 4.27. The Balaban J connectivity index is 1.79. The number of unbranched alkanes of at least 4 members (excludes halogenated alkanes) is 1. The largest absolute Gasteiger partial charge is 0.388 e. The highest BCUT2D eigenvalue weighted by atomic mass is 16.3. The van der Waals surface area contributed by atoms with Crippen LogP contribution in [0.4, 0.5) is 0 Å². The molecule has 1 aromatic rings. The Hall–Kier alpha value is -0.760. The number of rotatable bonds is 5. The molecule has 1 unspecified atom stereocenters. The quantitative estimate of drug-likeness (QED) is 0.793. The standard InChI is InChI=1S/C15H25NO/c1-2-3-4-12-5-7-13(8-6-12)15(17)14-9-10-16-11-14/h9-13,15-17H,2-8H2,1H3. The second-order valence-electron chi connectivity index (χ2n) is 5.51. The summed E-state index contributed by atoms with van der Waals surface area (Å²) in [5.41, 5.74) is 1.06. The summed E-state index contributed by atoms with van der Waals surface area (Å²) < 4.78 is 0. The van der Waals surface area contributed by atoms with E-state index in [1.165, 1.54) is 44.9 Å². The van der Waals surface area contributed by atoms with Crippen LogP contribution in [0.25, 0.3) is 0 Å². The molecule has 0 spiro atoms.